The third kappa shape index (κ3) is 5.01. The number of carboxylic acid groups (broad SMARTS) is 1. The third-order valence-electron chi connectivity index (χ3n) is 2.68. The fraction of sp³-hybridized carbons (Fsp3) is 0.214. The highest BCUT2D eigenvalue weighted by molar-refractivity contribution is 7.15. The van der Waals surface area contributed by atoms with Gasteiger partial charge in [0.15, 0.2) is 0 Å². The van der Waals surface area contributed by atoms with E-state index in [1.165, 1.54) is 6.20 Å². The van der Waals surface area contributed by atoms with Crippen LogP contribution >= 0.6 is 22.9 Å². The molecule has 0 spiro atoms. The van der Waals surface area contributed by atoms with Gasteiger partial charge in [-0.05, 0) is 5.56 Å². The summed E-state index contributed by atoms with van der Waals surface area (Å²) in [5.74, 6) is -1.06. The number of aliphatic carboxylic acids is 1. The van der Waals surface area contributed by atoms with E-state index in [2.05, 4.69) is 10.3 Å². The summed E-state index contributed by atoms with van der Waals surface area (Å²) in [6, 6.07) is 8.39. The fourth-order valence-corrected chi connectivity index (χ4v) is 2.69. The largest absolute Gasteiger partial charge is 0.481 e. The van der Waals surface area contributed by atoms with E-state index in [0.29, 0.717) is 9.34 Å². The molecule has 0 fully saturated rings. The Morgan fingerprint density at radius 1 is 1.36 bits per heavy atom. The summed E-state index contributed by atoms with van der Waals surface area (Å²) in [6.07, 6.45) is 0.402. The lowest BCUT2D eigenvalue weighted by atomic mass is 10.2. The second-order valence-electron chi connectivity index (χ2n) is 4.36. The van der Waals surface area contributed by atoms with Crippen molar-refractivity contribution >= 4 is 35.0 Å². The van der Waals surface area contributed by atoms with Gasteiger partial charge in [0.2, 0.25) is 0 Å². The van der Waals surface area contributed by atoms with Gasteiger partial charge in [-0.2, -0.15) is 0 Å². The summed E-state index contributed by atoms with van der Waals surface area (Å²) in [5, 5.41) is 11.8. The van der Waals surface area contributed by atoms with Gasteiger partial charge < -0.3 is 15.2 Å². The molecule has 2 N–H and O–H groups in total. The zero-order valence-corrected chi connectivity index (χ0v) is 12.9. The maximum Gasteiger partial charge on any atom is 0.408 e. The average Bonchev–Trinajstić information content (AvgIpc) is 2.92. The molecule has 0 saturated heterocycles. The van der Waals surface area contributed by atoms with E-state index < -0.39 is 18.1 Å². The van der Waals surface area contributed by atoms with E-state index in [1.54, 1.807) is 0 Å². The molecular weight excluding hydrogens is 328 g/mol. The number of nitrogens with zero attached hydrogens (tertiary/aromatic N) is 1. The van der Waals surface area contributed by atoms with Crippen LogP contribution in [0.1, 0.15) is 23.0 Å². The van der Waals surface area contributed by atoms with E-state index in [1.807, 2.05) is 30.3 Å². The highest BCUT2D eigenvalue weighted by Crippen LogP contribution is 2.26. The molecule has 22 heavy (non-hydrogen) atoms. The second kappa shape index (κ2) is 7.77. The molecule has 0 aliphatic carbocycles. The average molecular weight is 341 g/mol. The molecule has 6 nitrogen and oxygen atoms in total. The van der Waals surface area contributed by atoms with Crippen LogP contribution in [0.3, 0.4) is 0 Å². The molecule has 1 aromatic carbocycles. The molecular formula is C14H13ClN2O4S. The number of hydrogen-bond donors (Lipinski definition) is 2. The van der Waals surface area contributed by atoms with Gasteiger partial charge in [-0.15, -0.1) is 11.3 Å². The van der Waals surface area contributed by atoms with Gasteiger partial charge >= 0.3 is 12.1 Å². The molecule has 0 saturated carbocycles. The van der Waals surface area contributed by atoms with Crippen LogP contribution in [0.5, 0.6) is 0 Å². The highest BCUT2D eigenvalue weighted by Gasteiger charge is 2.22. The number of hydrogen-bond acceptors (Lipinski definition) is 5. The predicted octanol–water partition coefficient (Wildman–Crippen LogP) is 3.24. The van der Waals surface area contributed by atoms with Gasteiger partial charge in [0.25, 0.3) is 0 Å². The van der Waals surface area contributed by atoms with Crippen molar-refractivity contribution in [3.05, 3.63) is 51.4 Å². The number of ether oxygens (including phenoxy) is 1. The zero-order chi connectivity index (χ0) is 15.9. The van der Waals surface area contributed by atoms with E-state index in [4.69, 9.17) is 21.4 Å². The molecule has 2 aromatic rings. The number of halogens is 1. The Labute approximate surface area is 135 Å². The molecule has 2 rings (SSSR count). The van der Waals surface area contributed by atoms with Crippen LogP contribution in [0.25, 0.3) is 0 Å². The van der Waals surface area contributed by atoms with Gasteiger partial charge in [-0.25, -0.2) is 9.78 Å². The van der Waals surface area contributed by atoms with Crippen molar-refractivity contribution in [2.45, 2.75) is 19.1 Å². The fourth-order valence-electron chi connectivity index (χ4n) is 1.71. The Kier molecular flexibility index (Phi) is 5.74. The van der Waals surface area contributed by atoms with Gasteiger partial charge in [0.05, 0.1) is 18.7 Å². The molecule has 1 atom stereocenters. The quantitative estimate of drug-likeness (QED) is 0.842. The monoisotopic (exact) mass is 340 g/mol. The first kappa shape index (κ1) is 16.3. The lowest BCUT2D eigenvalue weighted by molar-refractivity contribution is -0.137. The van der Waals surface area contributed by atoms with Crippen molar-refractivity contribution in [3.8, 4) is 0 Å². The Balaban J connectivity index is 1.94. The maximum atomic E-state index is 11.8. The number of amides is 1. The number of alkyl carbamates (subject to hydrolysis) is 1. The van der Waals surface area contributed by atoms with Crippen LogP contribution in [0, 0.1) is 0 Å². The Morgan fingerprint density at radius 2 is 2.09 bits per heavy atom. The minimum Gasteiger partial charge on any atom is -0.481 e. The SMILES string of the molecule is O=C(O)C[C@H](NC(=O)OCc1ccccc1)c1ncc(Cl)s1. The lowest BCUT2D eigenvalue weighted by Crippen LogP contribution is -2.30. The summed E-state index contributed by atoms with van der Waals surface area (Å²) >= 11 is 6.90. The van der Waals surface area contributed by atoms with E-state index >= 15 is 0 Å². The number of nitrogens with one attached hydrogen (secondary N) is 1. The van der Waals surface area contributed by atoms with Crippen molar-refractivity contribution in [2.75, 3.05) is 0 Å². The Bertz CT molecular complexity index is 647. The van der Waals surface area contributed by atoms with E-state index in [0.717, 1.165) is 16.9 Å². The minimum absolute atomic E-state index is 0.102. The molecule has 116 valence electrons. The van der Waals surface area contributed by atoms with Crippen LogP contribution in [0.2, 0.25) is 4.34 Å². The smallest absolute Gasteiger partial charge is 0.408 e. The van der Waals surface area contributed by atoms with Gasteiger partial charge in [-0.3, -0.25) is 4.79 Å². The number of carboxylic acids is 1. The molecule has 0 radical (unpaired) electrons. The van der Waals surface area contributed by atoms with Crippen LogP contribution in [-0.4, -0.2) is 22.2 Å². The second-order valence-corrected chi connectivity index (χ2v) is 6.05. The summed E-state index contributed by atoms with van der Waals surface area (Å²) in [5.41, 5.74) is 0.838. The van der Waals surface area contributed by atoms with Crippen molar-refractivity contribution in [1.29, 1.82) is 0 Å². The predicted molar refractivity (Wildman–Crippen MR) is 81.9 cm³/mol. The number of carbonyl (C=O) groups is 2. The Morgan fingerprint density at radius 3 is 2.68 bits per heavy atom. The van der Waals surface area contributed by atoms with Crippen molar-refractivity contribution < 1.29 is 19.4 Å². The minimum atomic E-state index is -1.06. The van der Waals surface area contributed by atoms with Gasteiger partial charge in [0, 0.05) is 0 Å². The molecule has 0 bridgehead atoms. The first-order valence-corrected chi connectivity index (χ1v) is 7.54. The van der Waals surface area contributed by atoms with Crippen LogP contribution in [0.15, 0.2) is 36.5 Å². The Hall–Kier alpha value is -2.12. The molecule has 0 aliphatic rings. The summed E-state index contributed by atoms with van der Waals surface area (Å²) in [6.45, 7) is 0.102. The molecule has 0 aliphatic heterocycles. The molecule has 1 aromatic heterocycles. The summed E-state index contributed by atoms with van der Waals surface area (Å²) in [4.78, 5) is 26.7. The van der Waals surface area contributed by atoms with Crippen molar-refractivity contribution in [1.82, 2.24) is 10.3 Å². The summed E-state index contributed by atoms with van der Waals surface area (Å²) < 4.78 is 5.49. The molecule has 1 amide bonds. The van der Waals surface area contributed by atoms with Crippen LogP contribution in [0.4, 0.5) is 4.79 Å². The number of rotatable bonds is 6. The topological polar surface area (TPSA) is 88.5 Å². The number of benzene rings is 1. The maximum absolute atomic E-state index is 11.8. The van der Waals surface area contributed by atoms with Gasteiger partial charge in [0.1, 0.15) is 16.0 Å². The van der Waals surface area contributed by atoms with Crippen molar-refractivity contribution in [3.63, 3.8) is 0 Å². The first-order valence-electron chi connectivity index (χ1n) is 6.35. The summed E-state index contributed by atoms with van der Waals surface area (Å²) in [7, 11) is 0. The molecule has 8 heteroatoms. The number of carbonyl (C=O) groups excluding carboxylic acids is 1. The normalized spacial score (nSPS) is 11.7. The van der Waals surface area contributed by atoms with Crippen LogP contribution < -0.4 is 5.32 Å². The number of aromatic nitrogens is 1. The third-order valence-corrected chi connectivity index (χ3v) is 3.91. The van der Waals surface area contributed by atoms with Crippen molar-refractivity contribution in [2.24, 2.45) is 0 Å². The standard InChI is InChI=1S/C14H13ClN2O4S/c15-11-7-16-13(22-11)10(6-12(18)19)17-14(20)21-8-9-4-2-1-3-5-9/h1-5,7,10H,6,8H2,(H,17,20)(H,18,19)/t10-/m0/s1. The van der Waals surface area contributed by atoms with Crippen LogP contribution in [-0.2, 0) is 16.1 Å². The lowest BCUT2D eigenvalue weighted by Gasteiger charge is -2.14. The highest BCUT2D eigenvalue weighted by atomic mass is 35.5. The molecule has 1 heterocycles. The number of thiazole rings is 1. The van der Waals surface area contributed by atoms with Gasteiger partial charge in [-0.1, -0.05) is 41.9 Å². The molecule has 0 unspecified atom stereocenters. The first-order chi connectivity index (χ1) is 10.5. The van der Waals surface area contributed by atoms with E-state index in [-0.39, 0.29) is 13.0 Å². The van der Waals surface area contributed by atoms with E-state index in [9.17, 15) is 9.59 Å². The zero-order valence-electron chi connectivity index (χ0n) is 11.4.